The van der Waals surface area contributed by atoms with Gasteiger partial charge in [-0.2, -0.15) is 0 Å². The Labute approximate surface area is 163 Å². The van der Waals surface area contributed by atoms with E-state index in [0.717, 1.165) is 19.3 Å². The molecule has 0 bridgehead atoms. The number of hydrogen-bond donors (Lipinski definition) is 2. The standard InChI is InChI=1S/C23H36N2O2/c1-21(2,3)25-20(27)17-8-7-15-14-6-9-18-23(5,13-11-19(26)24-18)16(14)10-12-22(15,17)4/h11,13-18H,6-10,12H2,1-5H3,(H,24,26)(H,25,27)/t14?,15?,16?,17-,18?,22+,23-/m1/s1. The first-order valence-corrected chi connectivity index (χ1v) is 10.9. The summed E-state index contributed by atoms with van der Waals surface area (Å²) in [5.41, 5.74) is 0.0323. The molecule has 4 nitrogen and oxygen atoms in total. The van der Waals surface area contributed by atoms with Gasteiger partial charge in [0.2, 0.25) is 11.8 Å². The van der Waals surface area contributed by atoms with E-state index >= 15 is 0 Å². The van der Waals surface area contributed by atoms with Crippen molar-refractivity contribution in [3.8, 4) is 0 Å². The second-order valence-corrected chi connectivity index (χ2v) is 11.1. The average Bonchev–Trinajstić information content (AvgIpc) is 2.91. The van der Waals surface area contributed by atoms with Gasteiger partial charge in [-0.25, -0.2) is 0 Å². The van der Waals surface area contributed by atoms with Gasteiger partial charge < -0.3 is 10.6 Å². The van der Waals surface area contributed by atoms with Gasteiger partial charge in [0, 0.05) is 22.9 Å². The Kier molecular flexibility index (Phi) is 4.29. The molecule has 1 heterocycles. The Hall–Kier alpha value is -1.32. The molecule has 3 aliphatic carbocycles. The minimum atomic E-state index is -0.167. The van der Waals surface area contributed by atoms with Crippen molar-refractivity contribution in [2.45, 2.75) is 84.7 Å². The van der Waals surface area contributed by atoms with E-state index in [-0.39, 0.29) is 40.1 Å². The molecule has 4 unspecified atom stereocenters. The number of fused-ring (bicyclic) bond motifs is 5. The van der Waals surface area contributed by atoms with Crippen molar-refractivity contribution in [3.05, 3.63) is 12.2 Å². The van der Waals surface area contributed by atoms with Crippen LogP contribution in [-0.4, -0.2) is 23.4 Å². The van der Waals surface area contributed by atoms with Crippen LogP contribution in [0.5, 0.6) is 0 Å². The molecule has 3 fully saturated rings. The Morgan fingerprint density at radius 3 is 2.56 bits per heavy atom. The zero-order chi connectivity index (χ0) is 19.6. The van der Waals surface area contributed by atoms with Crippen LogP contribution in [0.3, 0.4) is 0 Å². The first-order valence-electron chi connectivity index (χ1n) is 10.9. The maximum atomic E-state index is 13.0. The molecule has 1 aliphatic heterocycles. The zero-order valence-electron chi connectivity index (χ0n) is 17.6. The first kappa shape index (κ1) is 19.0. The van der Waals surface area contributed by atoms with Crippen molar-refractivity contribution in [1.29, 1.82) is 0 Å². The van der Waals surface area contributed by atoms with Crippen LogP contribution in [-0.2, 0) is 9.59 Å². The number of carbonyl (C=O) groups is 2. The maximum absolute atomic E-state index is 13.0. The molecule has 2 N–H and O–H groups in total. The van der Waals surface area contributed by atoms with E-state index < -0.39 is 0 Å². The van der Waals surface area contributed by atoms with Crippen LogP contribution in [0.2, 0.25) is 0 Å². The predicted molar refractivity (Wildman–Crippen MR) is 107 cm³/mol. The van der Waals surface area contributed by atoms with Gasteiger partial charge in [0.25, 0.3) is 0 Å². The van der Waals surface area contributed by atoms with Crippen molar-refractivity contribution >= 4 is 11.8 Å². The summed E-state index contributed by atoms with van der Waals surface area (Å²) >= 11 is 0. The maximum Gasteiger partial charge on any atom is 0.243 e. The lowest BCUT2D eigenvalue weighted by Crippen LogP contribution is -2.59. The van der Waals surface area contributed by atoms with E-state index in [4.69, 9.17) is 0 Å². The van der Waals surface area contributed by atoms with E-state index in [1.807, 2.05) is 0 Å². The molecule has 7 atom stereocenters. The predicted octanol–water partition coefficient (Wildman–Crippen LogP) is 3.81. The molecule has 2 amide bonds. The Balaban J connectivity index is 1.58. The highest BCUT2D eigenvalue weighted by atomic mass is 16.2. The molecule has 4 heteroatoms. The molecule has 27 heavy (non-hydrogen) atoms. The molecule has 0 radical (unpaired) electrons. The molecule has 0 aromatic carbocycles. The molecule has 0 saturated heterocycles. The fraction of sp³-hybridized carbons (Fsp3) is 0.826. The first-order chi connectivity index (χ1) is 12.5. The highest BCUT2D eigenvalue weighted by molar-refractivity contribution is 5.89. The van der Waals surface area contributed by atoms with Gasteiger partial charge >= 0.3 is 0 Å². The van der Waals surface area contributed by atoms with E-state index in [9.17, 15) is 9.59 Å². The minimum absolute atomic E-state index is 0.0661. The van der Waals surface area contributed by atoms with Crippen molar-refractivity contribution < 1.29 is 9.59 Å². The van der Waals surface area contributed by atoms with E-state index in [1.54, 1.807) is 6.08 Å². The van der Waals surface area contributed by atoms with Crippen LogP contribution in [0.15, 0.2) is 12.2 Å². The van der Waals surface area contributed by atoms with Gasteiger partial charge in [0.1, 0.15) is 0 Å². The topological polar surface area (TPSA) is 58.2 Å². The summed E-state index contributed by atoms with van der Waals surface area (Å²) in [4.78, 5) is 24.9. The third-order valence-corrected chi connectivity index (χ3v) is 8.50. The number of amides is 2. The third-order valence-electron chi connectivity index (χ3n) is 8.50. The van der Waals surface area contributed by atoms with Crippen LogP contribution in [0.1, 0.15) is 73.1 Å². The normalized spacial score (nSPS) is 46.1. The molecular formula is C23H36N2O2. The lowest BCUT2D eigenvalue weighted by molar-refractivity contribution is -0.135. The molecule has 150 valence electrons. The molecule has 3 saturated carbocycles. The molecule has 4 rings (SSSR count). The second-order valence-electron chi connectivity index (χ2n) is 11.1. The highest BCUT2D eigenvalue weighted by Crippen LogP contribution is 2.65. The van der Waals surface area contributed by atoms with E-state index in [1.165, 1.54) is 19.3 Å². The quantitative estimate of drug-likeness (QED) is 0.735. The monoisotopic (exact) mass is 372 g/mol. The summed E-state index contributed by atoms with van der Waals surface area (Å²) in [6.07, 6.45) is 10.7. The van der Waals surface area contributed by atoms with Gasteiger partial charge in [0.15, 0.2) is 0 Å². The second kappa shape index (κ2) is 6.09. The van der Waals surface area contributed by atoms with Gasteiger partial charge in [0.05, 0.1) is 0 Å². The van der Waals surface area contributed by atoms with E-state index in [0.29, 0.717) is 17.8 Å². The fourth-order valence-corrected chi connectivity index (χ4v) is 7.22. The lowest BCUT2D eigenvalue weighted by atomic mass is 9.48. The summed E-state index contributed by atoms with van der Waals surface area (Å²) in [6, 6.07) is 0.280. The molecule has 0 spiro atoms. The van der Waals surface area contributed by atoms with Gasteiger partial charge in [-0.3, -0.25) is 9.59 Å². The summed E-state index contributed by atoms with van der Waals surface area (Å²) < 4.78 is 0. The van der Waals surface area contributed by atoms with Crippen molar-refractivity contribution in [3.63, 3.8) is 0 Å². The fourth-order valence-electron chi connectivity index (χ4n) is 7.22. The molecule has 0 aromatic heterocycles. The smallest absolute Gasteiger partial charge is 0.243 e. The average molecular weight is 373 g/mol. The SMILES string of the molecule is CC(C)(C)NC(=O)[C@H]1CCC2C3CCC4NC(=O)C=C[C@]4(C)C3CC[C@@]21C. The zero-order valence-corrected chi connectivity index (χ0v) is 17.6. The Morgan fingerprint density at radius 1 is 1.11 bits per heavy atom. The highest BCUT2D eigenvalue weighted by Gasteiger charge is 2.60. The van der Waals surface area contributed by atoms with Gasteiger partial charge in [-0.05, 0) is 88.5 Å². The van der Waals surface area contributed by atoms with Crippen LogP contribution in [0.25, 0.3) is 0 Å². The van der Waals surface area contributed by atoms with Gasteiger partial charge in [-0.15, -0.1) is 0 Å². The van der Waals surface area contributed by atoms with Crippen molar-refractivity contribution in [2.75, 3.05) is 0 Å². The number of nitrogens with one attached hydrogen (secondary N) is 2. The number of hydrogen-bond acceptors (Lipinski definition) is 2. The van der Waals surface area contributed by atoms with Crippen LogP contribution < -0.4 is 10.6 Å². The van der Waals surface area contributed by atoms with Gasteiger partial charge in [-0.1, -0.05) is 19.9 Å². The largest absolute Gasteiger partial charge is 0.351 e. The summed E-state index contributed by atoms with van der Waals surface area (Å²) in [5.74, 6) is 2.41. The summed E-state index contributed by atoms with van der Waals surface area (Å²) in [6.45, 7) is 11.0. The Morgan fingerprint density at radius 2 is 1.85 bits per heavy atom. The number of carbonyl (C=O) groups excluding carboxylic acids is 2. The molecular weight excluding hydrogens is 336 g/mol. The van der Waals surface area contributed by atoms with Crippen molar-refractivity contribution in [1.82, 2.24) is 10.6 Å². The van der Waals surface area contributed by atoms with Crippen LogP contribution in [0, 0.1) is 34.5 Å². The van der Waals surface area contributed by atoms with E-state index in [2.05, 4.69) is 51.3 Å². The Bertz CT molecular complexity index is 678. The molecule has 4 aliphatic rings. The van der Waals surface area contributed by atoms with Crippen LogP contribution in [0.4, 0.5) is 0 Å². The summed E-state index contributed by atoms with van der Waals surface area (Å²) in [7, 11) is 0. The number of rotatable bonds is 1. The third kappa shape index (κ3) is 2.94. The summed E-state index contributed by atoms with van der Waals surface area (Å²) in [5, 5.41) is 6.48. The van der Waals surface area contributed by atoms with Crippen LogP contribution >= 0.6 is 0 Å². The lowest BCUT2D eigenvalue weighted by Gasteiger charge is -2.58. The van der Waals surface area contributed by atoms with Crippen molar-refractivity contribution in [2.24, 2.45) is 34.5 Å². The molecule has 0 aromatic rings. The minimum Gasteiger partial charge on any atom is -0.351 e.